The first-order valence-electron chi connectivity index (χ1n) is 15.6. The Kier molecular flexibility index (Phi) is 19.7. The smallest absolute Gasteiger partial charge is 0.434 e. The fourth-order valence-corrected chi connectivity index (χ4v) is 5.71. The molecule has 1 aliphatic heterocycles. The van der Waals surface area contributed by atoms with Crippen molar-refractivity contribution < 1.29 is 23.4 Å². The molecule has 1 atom stereocenters. The van der Waals surface area contributed by atoms with E-state index in [0.717, 1.165) is 78.0 Å². The molecule has 1 saturated heterocycles. The molecule has 0 aliphatic carbocycles. The minimum absolute atomic E-state index is 0.192. The zero-order chi connectivity index (χ0) is 28.1. The molecule has 1 aliphatic rings. The zero-order valence-electron chi connectivity index (χ0n) is 25.9. The second-order valence-electron chi connectivity index (χ2n) is 12.5. The maximum absolute atomic E-state index is 11.8. The number of hydrogen-bond acceptors (Lipinski definition) is 7. The molecule has 7 nitrogen and oxygen atoms in total. The number of morpholine rings is 1. The molecule has 226 valence electrons. The van der Waals surface area contributed by atoms with Crippen molar-refractivity contribution in [3.8, 4) is 0 Å². The normalized spacial score (nSPS) is 15.9. The summed E-state index contributed by atoms with van der Waals surface area (Å²) in [6.07, 6.45) is 13.9. The standard InChI is InChI=1S/C30H62N2O5Si/c1-7-8-9-10-11-12-13-14-17-22-35-29(33)36-23-18-15-16-19-31-26-28(27-32-20-24-34-25-21-32)37-38(5,6)30(2,3)4/h28,31H,7-27H2,1-6H3. The first-order chi connectivity index (χ1) is 18.2. The van der Waals surface area contributed by atoms with E-state index >= 15 is 0 Å². The van der Waals surface area contributed by atoms with E-state index in [1.807, 2.05) is 0 Å². The van der Waals surface area contributed by atoms with Crippen molar-refractivity contribution >= 4 is 14.5 Å². The third-order valence-corrected chi connectivity index (χ3v) is 12.4. The summed E-state index contributed by atoms with van der Waals surface area (Å²) in [6, 6.07) is 0. The van der Waals surface area contributed by atoms with Gasteiger partial charge in [0.2, 0.25) is 0 Å². The van der Waals surface area contributed by atoms with Gasteiger partial charge in [0.1, 0.15) is 0 Å². The van der Waals surface area contributed by atoms with Gasteiger partial charge < -0.3 is 24.0 Å². The molecule has 1 heterocycles. The summed E-state index contributed by atoms with van der Waals surface area (Å²) in [4.78, 5) is 14.2. The van der Waals surface area contributed by atoms with E-state index in [-0.39, 0.29) is 11.1 Å². The summed E-state index contributed by atoms with van der Waals surface area (Å²) in [5.74, 6) is 0. The second kappa shape index (κ2) is 21.1. The van der Waals surface area contributed by atoms with Crippen molar-refractivity contribution in [2.75, 3.05) is 59.2 Å². The lowest BCUT2D eigenvalue weighted by atomic mass is 10.1. The van der Waals surface area contributed by atoms with Crippen LogP contribution >= 0.6 is 0 Å². The Balaban J connectivity index is 2.08. The molecule has 0 spiro atoms. The van der Waals surface area contributed by atoms with Crippen LogP contribution in [-0.2, 0) is 18.6 Å². The van der Waals surface area contributed by atoms with Crippen molar-refractivity contribution in [2.24, 2.45) is 0 Å². The van der Waals surface area contributed by atoms with E-state index < -0.39 is 14.5 Å². The van der Waals surface area contributed by atoms with Crippen LogP contribution in [0, 0.1) is 0 Å². The van der Waals surface area contributed by atoms with Gasteiger partial charge in [-0.3, -0.25) is 4.90 Å². The number of nitrogens with zero attached hydrogens (tertiary/aromatic N) is 1. The molecule has 1 unspecified atom stereocenters. The highest BCUT2D eigenvalue weighted by molar-refractivity contribution is 6.74. The predicted molar refractivity (Wildman–Crippen MR) is 161 cm³/mol. The summed E-state index contributed by atoms with van der Waals surface area (Å²) in [5, 5.41) is 3.82. The summed E-state index contributed by atoms with van der Waals surface area (Å²) in [5.41, 5.74) is 0. The second-order valence-corrected chi connectivity index (χ2v) is 17.2. The van der Waals surface area contributed by atoms with Crippen LogP contribution in [0.5, 0.6) is 0 Å². The van der Waals surface area contributed by atoms with Crippen molar-refractivity contribution in [3.63, 3.8) is 0 Å². The van der Waals surface area contributed by atoms with Gasteiger partial charge >= 0.3 is 6.16 Å². The van der Waals surface area contributed by atoms with Gasteiger partial charge in [-0.05, 0) is 50.4 Å². The summed E-state index contributed by atoms with van der Waals surface area (Å²) >= 11 is 0. The average Bonchev–Trinajstić information content (AvgIpc) is 2.86. The number of ether oxygens (including phenoxy) is 3. The Hall–Kier alpha value is -0.673. The Morgan fingerprint density at radius 3 is 1.95 bits per heavy atom. The topological polar surface area (TPSA) is 69.3 Å². The highest BCUT2D eigenvalue weighted by Crippen LogP contribution is 2.37. The van der Waals surface area contributed by atoms with Gasteiger partial charge in [0, 0.05) is 26.2 Å². The van der Waals surface area contributed by atoms with Gasteiger partial charge in [0.05, 0.1) is 32.5 Å². The molecule has 0 bridgehead atoms. The number of carbonyl (C=O) groups is 1. The van der Waals surface area contributed by atoms with E-state index in [1.165, 1.54) is 44.9 Å². The van der Waals surface area contributed by atoms with Crippen molar-refractivity contribution in [1.82, 2.24) is 10.2 Å². The van der Waals surface area contributed by atoms with E-state index in [4.69, 9.17) is 18.6 Å². The number of carbonyl (C=O) groups excluding carboxylic acids is 1. The number of hydrogen-bond donors (Lipinski definition) is 1. The lowest BCUT2D eigenvalue weighted by Crippen LogP contribution is -2.51. The molecular weight excluding hydrogens is 496 g/mol. The maximum atomic E-state index is 11.8. The highest BCUT2D eigenvalue weighted by Gasteiger charge is 2.39. The molecule has 38 heavy (non-hydrogen) atoms. The van der Waals surface area contributed by atoms with Crippen LogP contribution < -0.4 is 5.32 Å². The van der Waals surface area contributed by atoms with Gasteiger partial charge in [-0.2, -0.15) is 0 Å². The van der Waals surface area contributed by atoms with Gasteiger partial charge in [-0.1, -0.05) is 79.1 Å². The van der Waals surface area contributed by atoms with E-state index in [9.17, 15) is 4.79 Å². The molecule has 8 heteroatoms. The molecule has 1 N–H and O–H groups in total. The minimum Gasteiger partial charge on any atom is -0.434 e. The first-order valence-corrected chi connectivity index (χ1v) is 18.5. The van der Waals surface area contributed by atoms with Gasteiger partial charge in [-0.15, -0.1) is 0 Å². The van der Waals surface area contributed by atoms with Crippen molar-refractivity contribution in [3.05, 3.63) is 0 Å². The van der Waals surface area contributed by atoms with Crippen LogP contribution in [0.2, 0.25) is 18.1 Å². The fraction of sp³-hybridized carbons (Fsp3) is 0.967. The maximum Gasteiger partial charge on any atom is 0.508 e. The van der Waals surface area contributed by atoms with Crippen LogP contribution in [0.15, 0.2) is 0 Å². The summed E-state index contributed by atoms with van der Waals surface area (Å²) in [6.45, 7) is 21.1. The van der Waals surface area contributed by atoms with E-state index in [2.05, 4.69) is 51.0 Å². The largest absolute Gasteiger partial charge is 0.508 e. The van der Waals surface area contributed by atoms with Crippen molar-refractivity contribution in [1.29, 1.82) is 0 Å². The lowest BCUT2D eigenvalue weighted by molar-refractivity contribution is 0.0171. The van der Waals surface area contributed by atoms with Gasteiger partial charge in [-0.25, -0.2) is 4.79 Å². The quantitative estimate of drug-likeness (QED) is 0.0859. The lowest BCUT2D eigenvalue weighted by Gasteiger charge is -2.41. The van der Waals surface area contributed by atoms with Crippen LogP contribution in [0.1, 0.15) is 105 Å². The third-order valence-electron chi connectivity index (χ3n) is 7.89. The van der Waals surface area contributed by atoms with Crippen molar-refractivity contribution in [2.45, 2.75) is 129 Å². The SMILES string of the molecule is CCCCCCCCCCCOC(=O)OCCCCCNCC(CN1CCOCC1)O[Si](C)(C)C(C)(C)C. The van der Waals surface area contributed by atoms with E-state index in [1.54, 1.807) is 0 Å². The third kappa shape index (κ3) is 17.8. The molecule has 0 aromatic rings. The highest BCUT2D eigenvalue weighted by atomic mass is 28.4. The Morgan fingerprint density at radius 2 is 1.39 bits per heavy atom. The zero-order valence-corrected chi connectivity index (χ0v) is 26.9. The van der Waals surface area contributed by atoms with Crippen LogP contribution in [-0.4, -0.2) is 84.6 Å². The number of unbranched alkanes of at least 4 members (excludes halogenated alkanes) is 10. The molecular formula is C30H62N2O5Si. The fourth-order valence-electron chi connectivity index (χ4n) is 4.37. The minimum atomic E-state index is -1.83. The Bertz CT molecular complexity index is 579. The Morgan fingerprint density at radius 1 is 0.868 bits per heavy atom. The molecule has 0 aromatic heterocycles. The molecule has 0 saturated carbocycles. The number of rotatable bonds is 22. The van der Waals surface area contributed by atoms with E-state index in [0.29, 0.717) is 13.2 Å². The van der Waals surface area contributed by atoms with Crippen LogP contribution in [0.25, 0.3) is 0 Å². The predicted octanol–water partition coefficient (Wildman–Crippen LogP) is 7.15. The summed E-state index contributed by atoms with van der Waals surface area (Å²) in [7, 11) is -1.83. The Labute approximate surface area is 236 Å². The van der Waals surface area contributed by atoms with Crippen LogP contribution in [0.3, 0.4) is 0 Å². The molecule has 0 amide bonds. The number of nitrogens with one attached hydrogen (secondary N) is 1. The summed E-state index contributed by atoms with van der Waals surface area (Å²) < 4.78 is 22.7. The molecule has 0 radical (unpaired) electrons. The van der Waals surface area contributed by atoms with Gasteiger partial charge in [0.25, 0.3) is 0 Å². The average molecular weight is 559 g/mol. The van der Waals surface area contributed by atoms with Crippen LogP contribution in [0.4, 0.5) is 4.79 Å². The van der Waals surface area contributed by atoms with Gasteiger partial charge in [0.15, 0.2) is 8.32 Å². The molecule has 0 aromatic carbocycles. The molecule has 1 fully saturated rings. The molecule has 1 rings (SSSR count). The monoisotopic (exact) mass is 558 g/mol. The first kappa shape index (κ1) is 35.4.